The zero-order chi connectivity index (χ0) is 13.4. The molecule has 0 aliphatic carbocycles. The second-order valence-electron chi connectivity index (χ2n) is 4.14. The van der Waals surface area contributed by atoms with E-state index < -0.39 is 7.12 Å². The minimum Gasteiger partial charge on any atom is -0.423 e. The first-order valence-electron chi connectivity index (χ1n) is 6.43. The maximum Gasteiger partial charge on any atom is 0.488 e. The lowest BCUT2D eigenvalue weighted by Gasteiger charge is -2.21. The van der Waals surface area contributed by atoms with Crippen LogP contribution in [0.25, 0.3) is 0 Å². The molecule has 0 unspecified atom stereocenters. The molecule has 0 spiro atoms. The van der Waals surface area contributed by atoms with Crippen molar-refractivity contribution in [2.45, 2.75) is 20.4 Å². The highest BCUT2D eigenvalue weighted by molar-refractivity contribution is 6.59. The summed E-state index contributed by atoms with van der Waals surface area (Å²) >= 11 is 0. The third-order valence-electron chi connectivity index (χ3n) is 2.93. The quantitative estimate of drug-likeness (QED) is 0.513. The third kappa shape index (κ3) is 4.78. The molecule has 0 aliphatic rings. The fraction of sp³-hybridized carbons (Fsp3) is 0.538. The Balaban J connectivity index is 2.63. The molecular weight excluding hydrogens is 229 g/mol. The first-order valence-corrected chi connectivity index (χ1v) is 6.43. The van der Waals surface area contributed by atoms with Gasteiger partial charge >= 0.3 is 7.12 Å². The molecule has 0 aliphatic heterocycles. The van der Waals surface area contributed by atoms with Gasteiger partial charge in [0.1, 0.15) is 0 Å². The molecule has 0 heterocycles. The van der Waals surface area contributed by atoms with E-state index in [4.69, 9.17) is 4.74 Å². The Morgan fingerprint density at radius 1 is 1.22 bits per heavy atom. The van der Waals surface area contributed by atoms with Crippen LogP contribution < -0.4 is 5.46 Å². The van der Waals surface area contributed by atoms with E-state index in [-0.39, 0.29) is 0 Å². The summed E-state index contributed by atoms with van der Waals surface area (Å²) in [4.78, 5) is 2.22. The average Bonchev–Trinajstić information content (AvgIpc) is 2.38. The Morgan fingerprint density at radius 2 is 1.94 bits per heavy atom. The number of ether oxygens (including phenoxy) is 1. The number of rotatable bonds is 8. The van der Waals surface area contributed by atoms with Crippen molar-refractivity contribution in [3.8, 4) is 0 Å². The number of hydrogen-bond donors (Lipinski definition) is 2. The van der Waals surface area contributed by atoms with Crippen LogP contribution in [0.1, 0.15) is 19.4 Å². The largest absolute Gasteiger partial charge is 0.488 e. The summed E-state index contributed by atoms with van der Waals surface area (Å²) in [5, 5.41) is 18.6. The molecule has 4 nitrogen and oxygen atoms in total. The Kier molecular flexibility index (Phi) is 6.97. The molecule has 1 rings (SSSR count). The highest BCUT2D eigenvalue weighted by atomic mass is 16.5. The van der Waals surface area contributed by atoms with E-state index in [9.17, 15) is 10.0 Å². The highest BCUT2D eigenvalue weighted by Gasteiger charge is 2.16. The van der Waals surface area contributed by atoms with Gasteiger partial charge in [0.2, 0.25) is 0 Å². The molecule has 0 atom stereocenters. The van der Waals surface area contributed by atoms with Crippen molar-refractivity contribution >= 4 is 12.6 Å². The molecule has 0 amide bonds. The summed E-state index contributed by atoms with van der Waals surface area (Å²) in [7, 11) is -1.41. The Morgan fingerprint density at radius 3 is 2.56 bits per heavy atom. The van der Waals surface area contributed by atoms with Crippen molar-refractivity contribution in [3.05, 3.63) is 29.8 Å². The van der Waals surface area contributed by atoms with Crippen molar-refractivity contribution in [1.29, 1.82) is 0 Å². The molecule has 0 bridgehead atoms. The van der Waals surface area contributed by atoms with Crippen molar-refractivity contribution in [1.82, 2.24) is 4.90 Å². The van der Waals surface area contributed by atoms with Gasteiger partial charge in [0.15, 0.2) is 0 Å². The van der Waals surface area contributed by atoms with E-state index in [0.29, 0.717) is 18.6 Å². The molecule has 1 aromatic carbocycles. The summed E-state index contributed by atoms with van der Waals surface area (Å²) in [5.41, 5.74) is 1.53. The Bertz CT molecular complexity index is 347. The standard InChI is InChI=1S/C13H22BNO3/c1-3-15(9-10-18-4-2)11-12-7-5-6-8-13(12)14(16)17/h5-8,16-17H,3-4,9-11H2,1-2H3. The summed E-state index contributed by atoms with van der Waals surface area (Å²) in [6.07, 6.45) is 0. The predicted molar refractivity (Wildman–Crippen MR) is 73.7 cm³/mol. The second-order valence-corrected chi connectivity index (χ2v) is 4.14. The first-order chi connectivity index (χ1) is 8.69. The zero-order valence-electron chi connectivity index (χ0n) is 11.2. The molecule has 18 heavy (non-hydrogen) atoms. The van der Waals surface area contributed by atoms with Crippen LogP contribution in [0.3, 0.4) is 0 Å². The molecule has 0 aromatic heterocycles. The van der Waals surface area contributed by atoms with Gasteiger partial charge in [0.25, 0.3) is 0 Å². The van der Waals surface area contributed by atoms with Crippen LogP contribution in [0.4, 0.5) is 0 Å². The second kappa shape index (κ2) is 8.27. The van der Waals surface area contributed by atoms with Crippen molar-refractivity contribution < 1.29 is 14.8 Å². The van der Waals surface area contributed by atoms with Crippen LogP contribution in [0, 0.1) is 0 Å². The Labute approximate surface area is 109 Å². The van der Waals surface area contributed by atoms with Gasteiger partial charge in [-0.05, 0) is 24.5 Å². The topological polar surface area (TPSA) is 52.9 Å². The normalized spacial score (nSPS) is 10.9. The molecule has 0 saturated carbocycles. The number of hydrogen-bond acceptors (Lipinski definition) is 4. The molecule has 5 heteroatoms. The smallest absolute Gasteiger partial charge is 0.423 e. The van der Waals surface area contributed by atoms with Crippen LogP contribution in [-0.4, -0.2) is 48.4 Å². The van der Waals surface area contributed by atoms with Gasteiger partial charge in [-0.3, -0.25) is 4.90 Å². The summed E-state index contributed by atoms with van der Waals surface area (Å²) in [5.74, 6) is 0. The van der Waals surface area contributed by atoms with E-state index >= 15 is 0 Å². The maximum atomic E-state index is 9.32. The van der Waals surface area contributed by atoms with Crippen LogP contribution in [0.15, 0.2) is 24.3 Å². The van der Waals surface area contributed by atoms with Gasteiger partial charge in [-0.1, -0.05) is 31.2 Å². The highest BCUT2D eigenvalue weighted by Crippen LogP contribution is 2.03. The van der Waals surface area contributed by atoms with Gasteiger partial charge in [-0.25, -0.2) is 0 Å². The first kappa shape index (κ1) is 15.2. The molecule has 0 saturated heterocycles. The van der Waals surface area contributed by atoms with Gasteiger partial charge in [-0.15, -0.1) is 0 Å². The van der Waals surface area contributed by atoms with E-state index in [0.717, 1.165) is 25.3 Å². The molecular formula is C13H22BNO3. The van der Waals surface area contributed by atoms with Crippen LogP contribution in [0.5, 0.6) is 0 Å². The number of likely N-dealkylation sites (N-methyl/N-ethyl adjacent to an activating group) is 1. The molecule has 0 fully saturated rings. The minimum absolute atomic E-state index is 0.576. The van der Waals surface area contributed by atoms with E-state index in [1.807, 2.05) is 25.1 Å². The fourth-order valence-corrected chi connectivity index (χ4v) is 1.86. The van der Waals surface area contributed by atoms with E-state index in [1.54, 1.807) is 6.07 Å². The predicted octanol–water partition coefficient (Wildman–Crippen LogP) is 0.225. The minimum atomic E-state index is -1.41. The molecule has 2 N–H and O–H groups in total. The number of nitrogens with zero attached hydrogens (tertiary/aromatic N) is 1. The van der Waals surface area contributed by atoms with Crippen molar-refractivity contribution in [2.24, 2.45) is 0 Å². The maximum absolute atomic E-state index is 9.32. The molecule has 0 radical (unpaired) electrons. The SMILES string of the molecule is CCOCCN(CC)Cc1ccccc1B(O)O. The summed E-state index contributed by atoms with van der Waals surface area (Å²) in [6.45, 7) is 7.95. The summed E-state index contributed by atoms with van der Waals surface area (Å²) in [6, 6.07) is 7.40. The number of benzene rings is 1. The lowest BCUT2D eigenvalue weighted by Crippen LogP contribution is -2.36. The zero-order valence-corrected chi connectivity index (χ0v) is 11.2. The van der Waals surface area contributed by atoms with Crippen LogP contribution >= 0.6 is 0 Å². The van der Waals surface area contributed by atoms with Gasteiger partial charge in [0.05, 0.1) is 6.61 Å². The third-order valence-corrected chi connectivity index (χ3v) is 2.93. The fourth-order valence-electron chi connectivity index (χ4n) is 1.86. The lowest BCUT2D eigenvalue weighted by atomic mass is 9.77. The average molecular weight is 251 g/mol. The Hall–Kier alpha value is -0.875. The van der Waals surface area contributed by atoms with E-state index in [1.165, 1.54) is 0 Å². The van der Waals surface area contributed by atoms with E-state index in [2.05, 4.69) is 11.8 Å². The summed E-state index contributed by atoms with van der Waals surface area (Å²) < 4.78 is 5.34. The van der Waals surface area contributed by atoms with Crippen molar-refractivity contribution in [2.75, 3.05) is 26.3 Å². The van der Waals surface area contributed by atoms with Gasteiger partial charge in [-0.2, -0.15) is 0 Å². The monoisotopic (exact) mass is 251 g/mol. The van der Waals surface area contributed by atoms with Crippen LogP contribution in [0.2, 0.25) is 0 Å². The van der Waals surface area contributed by atoms with Gasteiger partial charge < -0.3 is 14.8 Å². The van der Waals surface area contributed by atoms with Gasteiger partial charge in [0, 0.05) is 19.7 Å². The molecule has 100 valence electrons. The van der Waals surface area contributed by atoms with Crippen molar-refractivity contribution in [3.63, 3.8) is 0 Å². The lowest BCUT2D eigenvalue weighted by molar-refractivity contribution is 0.113. The molecule has 1 aromatic rings. The van der Waals surface area contributed by atoms with Crippen LogP contribution in [-0.2, 0) is 11.3 Å².